The van der Waals surface area contributed by atoms with Crippen molar-refractivity contribution >= 4 is 17.0 Å². The number of carbonyl (C=O) groups excluding carboxylic acids is 1. The lowest BCUT2D eigenvalue weighted by molar-refractivity contribution is 0.0525. The fourth-order valence-electron chi connectivity index (χ4n) is 3.70. The number of imidazole rings is 1. The van der Waals surface area contributed by atoms with Gasteiger partial charge in [-0.3, -0.25) is 0 Å². The molecule has 0 radical (unpaired) electrons. The van der Waals surface area contributed by atoms with Crippen molar-refractivity contribution in [2.24, 2.45) is 0 Å². The number of hydrogen-bond donors (Lipinski definition) is 2. The van der Waals surface area contributed by atoms with Gasteiger partial charge in [-0.15, -0.1) is 0 Å². The monoisotopic (exact) mass is 433 g/mol. The molecule has 0 aliphatic carbocycles. The highest BCUT2D eigenvalue weighted by Gasteiger charge is 2.21. The summed E-state index contributed by atoms with van der Waals surface area (Å²) in [4.78, 5) is 20.4. The SMILES string of the molecule is CCOC(=O)c1cnn(-c2ccc3c(c2)OCCO3)c1CNCc1nc2ccccc2[nH]1. The minimum Gasteiger partial charge on any atom is -0.486 e. The van der Waals surface area contributed by atoms with Crippen LogP contribution in [0.3, 0.4) is 0 Å². The molecule has 0 atom stereocenters. The second kappa shape index (κ2) is 8.72. The van der Waals surface area contributed by atoms with Gasteiger partial charge in [-0.25, -0.2) is 14.5 Å². The van der Waals surface area contributed by atoms with E-state index in [1.807, 2.05) is 42.5 Å². The molecule has 0 unspecified atom stereocenters. The molecule has 5 rings (SSSR count). The first-order valence-corrected chi connectivity index (χ1v) is 10.5. The second-order valence-corrected chi connectivity index (χ2v) is 7.27. The van der Waals surface area contributed by atoms with Crippen molar-refractivity contribution in [3.63, 3.8) is 0 Å². The molecule has 9 nitrogen and oxygen atoms in total. The van der Waals surface area contributed by atoms with E-state index < -0.39 is 5.97 Å². The number of H-pyrrole nitrogens is 1. The van der Waals surface area contributed by atoms with Crippen LogP contribution in [0.2, 0.25) is 0 Å². The molecule has 1 aliphatic rings. The predicted molar refractivity (Wildman–Crippen MR) is 117 cm³/mol. The summed E-state index contributed by atoms with van der Waals surface area (Å²) in [6.45, 7) is 3.99. The third-order valence-electron chi connectivity index (χ3n) is 5.16. The molecule has 0 spiro atoms. The third kappa shape index (κ3) is 3.90. The second-order valence-electron chi connectivity index (χ2n) is 7.27. The maximum absolute atomic E-state index is 12.5. The van der Waals surface area contributed by atoms with E-state index in [9.17, 15) is 4.79 Å². The number of aromatic amines is 1. The first-order chi connectivity index (χ1) is 15.7. The Labute approximate surface area is 184 Å². The van der Waals surface area contributed by atoms with Gasteiger partial charge in [-0.1, -0.05) is 12.1 Å². The number of rotatable bonds is 7. The molecule has 164 valence electrons. The van der Waals surface area contributed by atoms with E-state index in [2.05, 4.69) is 20.4 Å². The number of nitrogens with zero attached hydrogens (tertiary/aromatic N) is 3. The van der Waals surface area contributed by atoms with Crippen LogP contribution in [0.15, 0.2) is 48.7 Å². The lowest BCUT2D eigenvalue weighted by Crippen LogP contribution is -2.20. The van der Waals surface area contributed by atoms with E-state index in [4.69, 9.17) is 14.2 Å². The number of aromatic nitrogens is 4. The van der Waals surface area contributed by atoms with Crippen LogP contribution >= 0.6 is 0 Å². The van der Waals surface area contributed by atoms with Gasteiger partial charge < -0.3 is 24.5 Å². The third-order valence-corrected chi connectivity index (χ3v) is 5.16. The van der Waals surface area contributed by atoms with Crippen LogP contribution < -0.4 is 14.8 Å². The van der Waals surface area contributed by atoms with Crippen molar-refractivity contribution in [1.29, 1.82) is 0 Å². The summed E-state index contributed by atoms with van der Waals surface area (Å²) in [6, 6.07) is 13.5. The van der Waals surface area contributed by atoms with E-state index in [1.54, 1.807) is 11.6 Å². The predicted octanol–water partition coefficient (Wildman–Crippen LogP) is 2.99. The van der Waals surface area contributed by atoms with Crippen LogP contribution in [0.25, 0.3) is 16.7 Å². The Morgan fingerprint density at radius 2 is 2.00 bits per heavy atom. The molecule has 2 aromatic heterocycles. The number of hydrogen-bond acceptors (Lipinski definition) is 7. The smallest absolute Gasteiger partial charge is 0.341 e. The molecule has 0 saturated carbocycles. The lowest BCUT2D eigenvalue weighted by atomic mass is 10.2. The van der Waals surface area contributed by atoms with Crippen molar-refractivity contribution in [2.75, 3.05) is 19.8 Å². The summed E-state index contributed by atoms with van der Waals surface area (Å²) in [5.41, 5.74) is 3.77. The molecular weight excluding hydrogens is 410 g/mol. The van der Waals surface area contributed by atoms with Crippen molar-refractivity contribution in [1.82, 2.24) is 25.1 Å². The van der Waals surface area contributed by atoms with Crippen LogP contribution in [-0.4, -0.2) is 45.5 Å². The number of nitrogens with one attached hydrogen (secondary N) is 2. The minimum atomic E-state index is -0.406. The maximum Gasteiger partial charge on any atom is 0.341 e. The Balaban J connectivity index is 1.41. The van der Waals surface area contributed by atoms with Crippen molar-refractivity contribution in [2.45, 2.75) is 20.0 Å². The van der Waals surface area contributed by atoms with E-state index in [-0.39, 0.29) is 0 Å². The zero-order chi connectivity index (χ0) is 21.9. The quantitative estimate of drug-likeness (QED) is 0.432. The molecule has 0 fully saturated rings. The van der Waals surface area contributed by atoms with E-state index in [0.717, 1.165) is 22.5 Å². The molecule has 0 amide bonds. The number of benzene rings is 2. The maximum atomic E-state index is 12.5. The van der Waals surface area contributed by atoms with Gasteiger partial charge in [0.25, 0.3) is 0 Å². The van der Waals surface area contributed by atoms with Gasteiger partial charge in [0.15, 0.2) is 11.5 Å². The lowest BCUT2D eigenvalue weighted by Gasteiger charge is -2.19. The van der Waals surface area contributed by atoms with Gasteiger partial charge in [0.1, 0.15) is 24.6 Å². The summed E-state index contributed by atoms with van der Waals surface area (Å²) in [7, 11) is 0. The first kappa shape index (κ1) is 20.1. The highest BCUT2D eigenvalue weighted by Crippen LogP contribution is 2.32. The Hall–Kier alpha value is -3.85. The Bertz CT molecular complexity index is 1230. The summed E-state index contributed by atoms with van der Waals surface area (Å²) >= 11 is 0. The standard InChI is InChI=1S/C23H23N5O4/c1-2-30-23(29)16-12-25-28(15-7-8-20-21(11-15)32-10-9-31-20)19(16)13-24-14-22-26-17-5-3-4-6-18(17)27-22/h3-8,11-12,24H,2,9-10,13-14H2,1H3,(H,26,27). The van der Waals surface area contributed by atoms with Gasteiger partial charge in [0, 0.05) is 12.6 Å². The van der Waals surface area contributed by atoms with Crippen LogP contribution in [0, 0.1) is 0 Å². The normalized spacial score (nSPS) is 12.8. The van der Waals surface area contributed by atoms with Crippen molar-refractivity contribution in [3.8, 4) is 17.2 Å². The summed E-state index contributed by atoms with van der Waals surface area (Å²) in [6.07, 6.45) is 1.53. The molecule has 4 aromatic rings. The highest BCUT2D eigenvalue weighted by molar-refractivity contribution is 5.90. The average Bonchev–Trinajstić information content (AvgIpc) is 3.43. The molecule has 2 aromatic carbocycles. The number of para-hydroxylation sites is 2. The van der Waals surface area contributed by atoms with Gasteiger partial charge in [0.2, 0.25) is 0 Å². The zero-order valence-corrected chi connectivity index (χ0v) is 17.6. The van der Waals surface area contributed by atoms with E-state index >= 15 is 0 Å². The zero-order valence-electron chi connectivity index (χ0n) is 17.6. The topological polar surface area (TPSA) is 103 Å². The van der Waals surface area contributed by atoms with Crippen LogP contribution in [0.1, 0.15) is 28.8 Å². The molecule has 1 aliphatic heterocycles. The van der Waals surface area contributed by atoms with E-state index in [0.29, 0.717) is 55.7 Å². The molecule has 32 heavy (non-hydrogen) atoms. The summed E-state index contributed by atoms with van der Waals surface area (Å²) < 4.78 is 18.3. The molecular formula is C23H23N5O4. The minimum absolute atomic E-state index is 0.292. The van der Waals surface area contributed by atoms with Crippen LogP contribution in [-0.2, 0) is 17.8 Å². The van der Waals surface area contributed by atoms with Crippen LogP contribution in [0.5, 0.6) is 11.5 Å². The molecule has 0 bridgehead atoms. The van der Waals surface area contributed by atoms with Gasteiger partial charge in [0.05, 0.1) is 41.8 Å². The highest BCUT2D eigenvalue weighted by atomic mass is 16.6. The number of ether oxygens (including phenoxy) is 3. The Kier molecular flexibility index (Phi) is 5.47. The van der Waals surface area contributed by atoms with Crippen molar-refractivity contribution < 1.29 is 19.0 Å². The van der Waals surface area contributed by atoms with Gasteiger partial charge in [-0.2, -0.15) is 5.10 Å². The molecule has 2 N–H and O–H groups in total. The number of esters is 1. The average molecular weight is 433 g/mol. The summed E-state index contributed by atoms with van der Waals surface area (Å²) in [5, 5.41) is 7.81. The fourth-order valence-corrected chi connectivity index (χ4v) is 3.70. The number of fused-ring (bicyclic) bond motifs is 2. The molecule has 0 saturated heterocycles. The largest absolute Gasteiger partial charge is 0.486 e. The first-order valence-electron chi connectivity index (χ1n) is 10.5. The molecule has 3 heterocycles. The van der Waals surface area contributed by atoms with Crippen molar-refractivity contribution in [3.05, 3.63) is 65.7 Å². The Morgan fingerprint density at radius 1 is 1.16 bits per heavy atom. The van der Waals surface area contributed by atoms with Gasteiger partial charge in [-0.05, 0) is 31.2 Å². The van der Waals surface area contributed by atoms with E-state index in [1.165, 1.54) is 6.20 Å². The molecule has 9 heteroatoms. The van der Waals surface area contributed by atoms with Crippen LogP contribution in [0.4, 0.5) is 0 Å². The fraction of sp³-hybridized carbons (Fsp3) is 0.261. The Morgan fingerprint density at radius 3 is 2.84 bits per heavy atom. The van der Waals surface area contributed by atoms with Gasteiger partial charge >= 0.3 is 5.97 Å². The number of carbonyl (C=O) groups is 1. The summed E-state index contributed by atoms with van der Waals surface area (Å²) in [5.74, 6) is 1.76.